The first-order valence-corrected chi connectivity index (χ1v) is 8.11. The van der Waals surface area contributed by atoms with Crippen LogP contribution < -0.4 is 10.5 Å². The number of halogens is 2. The smallest absolute Gasteiger partial charge is 0.271 e. The molecule has 23 heavy (non-hydrogen) atoms. The quantitative estimate of drug-likeness (QED) is 0.719. The number of benzene rings is 1. The summed E-state index contributed by atoms with van der Waals surface area (Å²) in [5.74, 6) is -3.53. The van der Waals surface area contributed by atoms with Crippen molar-refractivity contribution < 1.29 is 22.0 Å². The lowest BCUT2D eigenvalue weighted by molar-refractivity contribution is 0.0996. The molecule has 8 nitrogen and oxygen atoms in total. The summed E-state index contributed by atoms with van der Waals surface area (Å²) >= 11 is 0. The summed E-state index contributed by atoms with van der Waals surface area (Å²) in [4.78, 5) is 11.2. The summed E-state index contributed by atoms with van der Waals surface area (Å²) in [7, 11) is -3.78. The number of H-pyrrole nitrogens is 1. The number of sulfonamides is 1. The fraction of sp³-hybridized carbons (Fsp3) is 0.250. The second-order valence-electron chi connectivity index (χ2n) is 4.59. The van der Waals surface area contributed by atoms with Crippen LogP contribution in [0.4, 0.5) is 14.5 Å². The van der Waals surface area contributed by atoms with E-state index in [0.717, 1.165) is 12.1 Å². The number of nitrogens with one attached hydrogen (secondary N) is 2. The molecule has 0 aliphatic heterocycles. The topological polar surface area (TPSA) is 131 Å². The third kappa shape index (κ3) is 3.44. The van der Waals surface area contributed by atoms with Crippen molar-refractivity contribution in [3.63, 3.8) is 0 Å². The normalized spacial score (nSPS) is 11.4. The minimum Gasteiger partial charge on any atom is -0.364 e. The van der Waals surface area contributed by atoms with Crippen LogP contribution in [-0.2, 0) is 10.0 Å². The van der Waals surface area contributed by atoms with E-state index in [1.807, 2.05) is 9.94 Å². The van der Waals surface area contributed by atoms with Crippen LogP contribution in [0.1, 0.15) is 23.8 Å². The number of aromatic nitrogens is 3. The molecule has 1 amide bonds. The molecule has 0 aliphatic carbocycles. The molecule has 0 spiro atoms. The lowest BCUT2D eigenvalue weighted by Gasteiger charge is -2.11. The summed E-state index contributed by atoms with van der Waals surface area (Å²) in [5.41, 5.74) is 2.99. The Morgan fingerprint density at radius 1 is 1.35 bits per heavy atom. The van der Waals surface area contributed by atoms with Crippen LogP contribution in [0.2, 0.25) is 0 Å². The molecule has 1 aromatic carbocycles. The standard InChI is InChI=1S/C12H13F2N5O3S/c1-2-5-23(21,22)18-7-4-3-6(13)8(9(7)14)10-11(12(15)20)17-19-16-10/h3-4,18H,2,5H2,1H3,(H2,15,20)(H,16,17,19). The molecule has 0 unspecified atom stereocenters. The van der Waals surface area contributed by atoms with Gasteiger partial charge in [0.05, 0.1) is 17.0 Å². The van der Waals surface area contributed by atoms with E-state index >= 15 is 0 Å². The zero-order valence-electron chi connectivity index (χ0n) is 11.9. The molecule has 2 rings (SSSR count). The molecule has 0 aliphatic rings. The Hall–Kier alpha value is -2.56. The van der Waals surface area contributed by atoms with Gasteiger partial charge in [-0.25, -0.2) is 17.2 Å². The monoisotopic (exact) mass is 345 g/mol. The van der Waals surface area contributed by atoms with Gasteiger partial charge in [-0.2, -0.15) is 15.4 Å². The Kier molecular flexibility index (Phi) is 4.59. The van der Waals surface area contributed by atoms with E-state index in [4.69, 9.17) is 5.73 Å². The van der Waals surface area contributed by atoms with Crippen molar-refractivity contribution in [3.05, 3.63) is 29.5 Å². The molecule has 124 valence electrons. The van der Waals surface area contributed by atoms with Gasteiger partial charge in [0, 0.05) is 0 Å². The van der Waals surface area contributed by atoms with Crippen molar-refractivity contribution in [3.8, 4) is 11.3 Å². The Morgan fingerprint density at radius 3 is 2.65 bits per heavy atom. The summed E-state index contributed by atoms with van der Waals surface area (Å²) < 4.78 is 54.0. The minimum atomic E-state index is -3.78. The van der Waals surface area contributed by atoms with Crippen LogP contribution >= 0.6 is 0 Å². The molecule has 2 aromatic rings. The predicted octanol–water partition coefficient (Wildman–Crippen LogP) is 1.00. The number of amides is 1. The summed E-state index contributed by atoms with van der Waals surface area (Å²) in [6.45, 7) is 1.64. The lowest BCUT2D eigenvalue weighted by Crippen LogP contribution is -2.18. The van der Waals surface area contributed by atoms with Crippen molar-refractivity contribution in [1.82, 2.24) is 15.4 Å². The zero-order valence-corrected chi connectivity index (χ0v) is 12.7. The van der Waals surface area contributed by atoms with Crippen molar-refractivity contribution >= 4 is 21.6 Å². The van der Waals surface area contributed by atoms with Gasteiger partial charge in [0.15, 0.2) is 11.5 Å². The van der Waals surface area contributed by atoms with Crippen molar-refractivity contribution in [1.29, 1.82) is 0 Å². The lowest BCUT2D eigenvalue weighted by atomic mass is 10.1. The highest BCUT2D eigenvalue weighted by Gasteiger charge is 2.25. The van der Waals surface area contributed by atoms with Gasteiger partial charge in [0.2, 0.25) is 10.0 Å². The molecule has 0 radical (unpaired) electrons. The first-order chi connectivity index (χ1) is 10.8. The third-order valence-corrected chi connectivity index (χ3v) is 4.32. The number of rotatable bonds is 6. The minimum absolute atomic E-state index is 0.227. The number of hydrogen-bond acceptors (Lipinski definition) is 5. The van der Waals surface area contributed by atoms with Crippen molar-refractivity contribution in [2.45, 2.75) is 13.3 Å². The third-order valence-electron chi connectivity index (χ3n) is 2.85. The van der Waals surface area contributed by atoms with Gasteiger partial charge in [-0.3, -0.25) is 9.52 Å². The van der Waals surface area contributed by atoms with E-state index in [1.54, 1.807) is 6.92 Å². The van der Waals surface area contributed by atoms with Crippen LogP contribution in [-0.4, -0.2) is 35.5 Å². The van der Waals surface area contributed by atoms with Gasteiger partial charge in [-0.05, 0) is 18.6 Å². The molecular formula is C12H13F2N5O3S. The van der Waals surface area contributed by atoms with Gasteiger partial charge < -0.3 is 5.73 Å². The second-order valence-corrected chi connectivity index (χ2v) is 6.43. The highest BCUT2D eigenvalue weighted by atomic mass is 32.2. The molecule has 0 atom stereocenters. The maximum Gasteiger partial charge on any atom is 0.271 e. The van der Waals surface area contributed by atoms with Gasteiger partial charge in [0.1, 0.15) is 11.5 Å². The summed E-state index contributed by atoms with van der Waals surface area (Å²) in [5, 5.41) is 8.98. The first-order valence-electron chi connectivity index (χ1n) is 6.46. The fourth-order valence-electron chi connectivity index (χ4n) is 1.91. The second kappa shape index (κ2) is 6.28. The Labute approximate surface area is 130 Å². The van der Waals surface area contributed by atoms with E-state index in [2.05, 4.69) is 10.2 Å². The number of nitrogens with zero attached hydrogens (tertiary/aromatic N) is 2. The van der Waals surface area contributed by atoms with Crippen LogP contribution in [0.15, 0.2) is 12.1 Å². The number of carbonyl (C=O) groups is 1. The van der Waals surface area contributed by atoms with Gasteiger partial charge in [-0.15, -0.1) is 0 Å². The summed E-state index contributed by atoms with van der Waals surface area (Å²) in [6, 6.07) is 1.78. The number of aromatic amines is 1. The van der Waals surface area contributed by atoms with E-state index in [-0.39, 0.29) is 5.75 Å². The molecule has 0 bridgehead atoms. The molecule has 0 fully saturated rings. The summed E-state index contributed by atoms with van der Waals surface area (Å²) in [6.07, 6.45) is 0.320. The number of primary amides is 1. The van der Waals surface area contributed by atoms with Crippen LogP contribution in [0.3, 0.4) is 0 Å². The number of anilines is 1. The Balaban J connectivity index is 2.56. The molecule has 0 saturated carbocycles. The van der Waals surface area contributed by atoms with E-state index in [0.29, 0.717) is 6.42 Å². The van der Waals surface area contributed by atoms with Crippen molar-refractivity contribution in [2.75, 3.05) is 10.5 Å². The van der Waals surface area contributed by atoms with Crippen LogP contribution in [0.25, 0.3) is 11.3 Å². The largest absolute Gasteiger partial charge is 0.364 e. The van der Waals surface area contributed by atoms with Gasteiger partial charge >= 0.3 is 0 Å². The van der Waals surface area contributed by atoms with E-state index < -0.39 is 50.2 Å². The predicted molar refractivity (Wildman–Crippen MR) is 78.0 cm³/mol. The first kappa shape index (κ1) is 16.8. The average molecular weight is 345 g/mol. The molecular weight excluding hydrogens is 332 g/mol. The number of hydrogen-bond donors (Lipinski definition) is 3. The van der Waals surface area contributed by atoms with E-state index in [9.17, 15) is 22.0 Å². The molecule has 4 N–H and O–H groups in total. The number of nitrogens with two attached hydrogens (primary N) is 1. The molecule has 0 saturated heterocycles. The SMILES string of the molecule is CCCS(=O)(=O)Nc1ccc(F)c(-c2n[nH]nc2C(N)=O)c1F. The van der Waals surface area contributed by atoms with Crippen LogP contribution in [0, 0.1) is 11.6 Å². The maximum absolute atomic E-state index is 14.5. The average Bonchev–Trinajstić information content (AvgIpc) is 2.91. The number of carbonyl (C=O) groups excluding carboxylic acids is 1. The van der Waals surface area contributed by atoms with Gasteiger partial charge in [-0.1, -0.05) is 6.92 Å². The molecule has 1 heterocycles. The maximum atomic E-state index is 14.5. The molecule has 11 heteroatoms. The fourth-order valence-corrected chi connectivity index (χ4v) is 3.04. The van der Waals surface area contributed by atoms with Crippen molar-refractivity contribution in [2.24, 2.45) is 5.73 Å². The van der Waals surface area contributed by atoms with Crippen LogP contribution in [0.5, 0.6) is 0 Å². The highest BCUT2D eigenvalue weighted by Crippen LogP contribution is 2.31. The van der Waals surface area contributed by atoms with E-state index in [1.165, 1.54) is 0 Å². The molecule has 1 aromatic heterocycles. The Morgan fingerprint density at radius 2 is 2.04 bits per heavy atom. The van der Waals surface area contributed by atoms with Gasteiger partial charge in [0.25, 0.3) is 5.91 Å². The Bertz CT molecular complexity index is 850. The zero-order chi connectivity index (χ0) is 17.2. The highest BCUT2D eigenvalue weighted by molar-refractivity contribution is 7.92.